The summed E-state index contributed by atoms with van der Waals surface area (Å²) in [5.74, 6) is 0.754. The molecule has 14 heavy (non-hydrogen) atoms. The predicted molar refractivity (Wildman–Crippen MR) is 60.2 cm³/mol. The minimum absolute atomic E-state index is 0.0654. The summed E-state index contributed by atoms with van der Waals surface area (Å²) in [6.07, 6.45) is 8.47. The molecular formula is C13H22O. The van der Waals surface area contributed by atoms with Gasteiger partial charge in [0, 0.05) is 11.3 Å². The number of carbonyl (C=O) groups excluding carboxylic acids is 1. The normalized spacial score (nSPS) is 33.9. The van der Waals surface area contributed by atoms with Crippen molar-refractivity contribution in [2.24, 2.45) is 11.3 Å². The smallest absolute Gasteiger partial charge is 0.141 e. The first-order valence-corrected chi connectivity index (χ1v) is 5.75. The van der Waals surface area contributed by atoms with E-state index in [4.69, 9.17) is 0 Å². The monoisotopic (exact) mass is 194 g/mol. The number of allylic oxidation sites excluding steroid dienone is 1. The van der Waals surface area contributed by atoms with Crippen molar-refractivity contribution in [2.75, 3.05) is 0 Å². The van der Waals surface area contributed by atoms with Crippen LogP contribution in [0.4, 0.5) is 0 Å². The number of ketones is 1. The van der Waals surface area contributed by atoms with Crippen LogP contribution >= 0.6 is 0 Å². The van der Waals surface area contributed by atoms with Gasteiger partial charge in [-0.25, -0.2) is 0 Å². The second-order valence-electron chi connectivity index (χ2n) is 4.90. The molecule has 1 aliphatic carbocycles. The molecule has 1 heteroatoms. The number of hydrogen-bond acceptors (Lipinski definition) is 1. The average molecular weight is 194 g/mol. The second-order valence-corrected chi connectivity index (χ2v) is 4.90. The van der Waals surface area contributed by atoms with Crippen molar-refractivity contribution in [1.29, 1.82) is 0 Å². The van der Waals surface area contributed by atoms with E-state index < -0.39 is 0 Å². The Morgan fingerprint density at radius 2 is 2.29 bits per heavy atom. The summed E-state index contributed by atoms with van der Waals surface area (Å²) < 4.78 is 0. The van der Waals surface area contributed by atoms with Gasteiger partial charge in [0.1, 0.15) is 5.78 Å². The molecule has 1 saturated carbocycles. The maximum absolute atomic E-state index is 12.1. The third kappa shape index (κ3) is 2.46. The van der Waals surface area contributed by atoms with E-state index in [1.165, 1.54) is 12.8 Å². The summed E-state index contributed by atoms with van der Waals surface area (Å²) >= 11 is 0. The first-order valence-electron chi connectivity index (χ1n) is 5.75. The number of rotatable bonds is 3. The summed E-state index contributed by atoms with van der Waals surface area (Å²) in [5.41, 5.74) is -0.0654. The summed E-state index contributed by atoms with van der Waals surface area (Å²) in [6.45, 7) is 7.96. The largest absolute Gasteiger partial charge is 0.299 e. The zero-order valence-electron chi connectivity index (χ0n) is 9.51. The minimum atomic E-state index is -0.0654. The topological polar surface area (TPSA) is 17.1 Å². The summed E-state index contributed by atoms with van der Waals surface area (Å²) in [7, 11) is 0. The highest BCUT2D eigenvalue weighted by molar-refractivity contribution is 5.86. The van der Waals surface area contributed by atoms with Crippen molar-refractivity contribution in [3.63, 3.8) is 0 Å². The molecule has 2 unspecified atom stereocenters. The fraction of sp³-hybridized carbons (Fsp3) is 0.769. The number of hydrogen-bond donors (Lipinski definition) is 0. The van der Waals surface area contributed by atoms with Crippen LogP contribution in [0.3, 0.4) is 0 Å². The standard InChI is InChI=1S/C13H22O/c1-4-5-9-13(3)10-7-6-8-11(2)12(13)14/h4,11H,1,5-10H2,2-3H3. The molecule has 1 nitrogen and oxygen atoms in total. The number of Topliss-reactive ketones (excluding diaryl/α,β-unsaturated/α-hetero) is 1. The third-order valence-electron chi connectivity index (χ3n) is 3.56. The van der Waals surface area contributed by atoms with E-state index in [0.717, 1.165) is 25.7 Å². The molecule has 0 amide bonds. The Morgan fingerprint density at radius 1 is 1.57 bits per heavy atom. The van der Waals surface area contributed by atoms with E-state index in [1.807, 2.05) is 6.08 Å². The Morgan fingerprint density at radius 3 is 2.93 bits per heavy atom. The van der Waals surface area contributed by atoms with Gasteiger partial charge in [-0.3, -0.25) is 4.79 Å². The highest BCUT2D eigenvalue weighted by atomic mass is 16.1. The minimum Gasteiger partial charge on any atom is -0.299 e. The van der Waals surface area contributed by atoms with Gasteiger partial charge in [0.05, 0.1) is 0 Å². The van der Waals surface area contributed by atoms with E-state index in [9.17, 15) is 4.79 Å². The van der Waals surface area contributed by atoms with Gasteiger partial charge < -0.3 is 0 Å². The lowest BCUT2D eigenvalue weighted by atomic mass is 9.75. The lowest BCUT2D eigenvalue weighted by Crippen LogP contribution is -2.30. The Hall–Kier alpha value is -0.590. The van der Waals surface area contributed by atoms with Crippen LogP contribution in [0.15, 0.2) is 12.7 Å². The van der Waals surface area contributed by atoms with Gasteiger partial charge in [-0.1, -0.05) is 32.8 Å². The maximum atomic E-state index is 12.1. The summed E-state index contributed by atoms with van der Waals surface area (Å²) in [4.78, 5) is 12.1. The highest BCUT2D eigenvalue weighted by Crippen LogP contribution is 2.38. The van der Waals surface area contributed by atoms with Crippen LogP contribution in [0.25, 0.3) is 0 Å². The van der Waals surface area contributed by atoms with E-state index in [0.29, 0.717) is 5.78 Å². The first-order chi connectivity index (χ1) is 6.60. The molecular weight excluding hydrogens is 172 g/mol. The molecule has 80 valence electrons. The Bertz CT molecular complexity index is 219. The van der Waals surface area contributed by atoms with E-state index in [-0.39, 0.29) is 11.3 Å². The molecule has 0 aromatic carbocycles. The molecule has 1 fully saturated rings. The molecule has 0 saturated heterocycles. The fourth-order valence-electron chi connectivity index (χ4n) is 2.48. The zero-order chi connectivity index (χ0) is 10.6. The van der Waals surface area contributed by atoms with Gasteiger partial charge in [0.25, 0.3) is 0 Å². The molecule has 0 N–H and O–H groups in total. The van der Waals surface area contributed by atoms with Crippen LogP contribution in [0.1, 0.15) is 52.4 Å². The lowest BCUT2D eigenvalue weighted by Gasteiger charge is -2.28. The van der Waals surface area contributed by atoms with Gasteiger partial charge >= 0.3 is 0 Å². The molecule has 0 aromatic rings. The van der Waals surface area contributed by atoms with Crippen molar-refractivity contribution < 1.29 is 4.79 Å². The van der Waals surface area contributed by atoms with Crippen molar-refractivity contribution in [2.45, 2.75) is 52.4 Å². The zero-order valence-corrected chi connectivity index (χ0v) is 9.51. The molecule has 0 aliphatic heterocycles. The Balaban J connectivity index is 2.70. The van der Waals surface area contributed by atoms with Crippen molar-refractivity contribution in [1.82, 2.24) is 0 Å². The van der Waals surface area contributed by atoms with Gasteiger partial charge in [0.15, 0.2) is 0 Å². The third-order valence-corrected chi connectivity index (χ3v) is 3.56. The van der Waals surface area contributed by atoms with Crippen LogP contribution in [0, 0.1) is 11.3 Å². The van der Waals surface area contributed by atoms with E-state index in [1.54, 1.807) is 0 Å². The second kappa shape index (κ2) is 4.77. The van der Waals surface area contributed by atoms with Crippen LogP contribution in [-0.4, -0.2) is 5.78 Å². The molecule has 2 atom stereocenters. The van der Waals surface area contributed by atoms with Crippen LogP contribution in [0.5, 0.6) is 0 Å². The molecule has 0 bridgehead atoms. The van der Waals surface area contributed by atoms with Crippen LogP contribution in [0.2, 0.25) is 0 Å². The fourth-order valence-corrected chi connectivity index (χ4v) is 2.48. The van der Waals surface area contributed by atoms with Crippen molar-refractivity contribution in [3.8, 4) is 0 Å². The highest BCUT2D eigenvalue weighted by Gasteiger charge is 2.36. The van der Waals surface area contributed by atoms with Gasteiger partial charge in [0.2, 0.25) is 0 Å². The molecule has 0 radical (unpaired) electrons. The summed E-state index contributed by atoms with van der Waals surface area (Å²) in [5, 5.41) is 0. The summed E-state index contributed by atoms with van der Waals surface area (Å²) in [6, 6.07) is 0. The maximum Gasteiger partial charge on any atom is 0.141 e. The predicted octanol–water partition coefficient (Wildman–Crippen LogP) is 3.74. The van der Waals surface area contributed by atoms with Gasteiger partial charge in [-0.15, -0.1) is 6.58 Å². The van der Waals surface area contributed by atoms with E-state index in [2.05, 4.69) is 20.4 Å². The average Bonchev–Trinajstić information content (AvgIpc) is 2.30. The van der Waals surface area contributed by atoms with Crippen LogP contribution < -0.4 is 0 Å². The number of carbonyl (C=O) groups is 1. The quantitative estimate of drug-likeness (QED) is 0.494. The SMILES string of the molecule is C=CCCC1(C)CCCCC(C)C1=O. The molecule has 1 rings (SSSR count). The lowest BCUT2D eigenvalue weighted by molar-refractivity contribution is -0.131. The molecule has 0 spiro atoms. The van der Waals surface area contributed by atoms with Crippen LogP contribution in [-0.2, 0) is 4.79 Å². The van der Waals surface area contributed by atoms with Crippen molar-refractivity contribution >= 4 is 5.78 Å². The molecule has 0 heterocycles. The van der Waals surface area contributed by atoms with E-state index >= 15 is 0 Å². The molecule has 1 aliphatic rings. The first kappa shape index (κ1) is 11.5. The van der Waals surface area contributed by atoms with Gasteiger partial charge in [-0.05, 0) is 25.7 Å². The Kier molecular flexibility index (Phi) is 3.91. The molecule has 0 aromatic heterocycles. The van der Waals surface area contributed by atoms with Crippen molar-refractivity contribution in [3.05, 3.63) is 12.7 Å². The van der Waals surface area contributed by atoms with Gasteiger partial charge in [-0.2, -0.15) is 0 Å². The Labute approximate surface area is 87.6 Å².